The van der Waals surface area contributed by atoms with Gasteiger partial charge in [-0.2, -0.15) is 5.10 Å². The molecule has 0 radical (unpaired) electrons. The van der Waals surface area contributed by atoms with Gasteiger partial charge in [0, 0.05) is 19.7 Å². The van der Waals surface area contributed by atoms with Crippen molar-refractivity contribution in [2.75, 3.05) is 21.2 Å². The fourth-order valence-corrected chi connectivity index (χ4v) is 1.86. The van der Waals surface area contributed by atoms with Crippen LogP contribution in [0.2, 0.25) is 0 Å². The van der Waals surface area contributed by atoms with E-state index in [0.717, 1.165) is 11.1 Å². The topological polar surface area (TPSA) is 34.1 Å². The molecule has 2 rings (SSSR count). The van der Waals surface area contributed by atoms with Crippen molar-refractivity contribution >= 4 is 6.21 Å². The van der Waals surface area contributed by atoms with Crippen LogP contribution in [0.1, 0.15) is 11.1 Å². The van der Waals surface area contributed by atoms with Gasteiger partial charge in [-0.15, -0.1) is 0 Å². The van der Waals surface area contributed by atoms with E-state index in [2.05, 4.69) is 5.10 Å². The van der Waals surface area contributed by atoms with Crippen molar-refractivity contribution in [2.24, 2.45) is 5.10 Å². The Kier molecular flexibility index (Phi) is 5.36. The number of halogens is 1. The number of hydrogen-bond acceptors (Lipinski definition) is 4. The van der Waals surface area contributed by atoms with E-state index in [1.807, 2.05) is 32.3 Å². The quantitative estimate of drug-likeness (QED) is 0.606. The molecule has 0 saturated carbocycles. The molecule has 0 aromatic heterocycles. The SMILES string of the molecule is COc1cccc(/C=N/N(C)C)c1OCc1ccc(F)cc1. The van der Waals surface area contributed by atoms with Crippen LogP contribution in [0.4, 0.5) is 4.39 Å². The molecule has 2 aromatic carbocycles. The summed E-state index contributed by atoms with van der Waals surface area (Å²) in [5, 5.41) is 5.92. The van der Waals surface area contributed by atoms with Gasteiger partial charge in [0.15, 0.2) is 11.5 Å². The first kappa shape index (κ1) is 15.8. The number of hydrazone groups is 1. The minimum Gasteiger partial charge on any atom is -0.493 e. The van der Waals surface area contributed by atoms with Gasteiger partial charge in [0.2, 0.25) is 0 Å². The fraction of sp³-hybridized carbons (Fsp3) is 0.235. The Morgan fingerprint density at radius 3 is 2.50 bits per heavy atom. The minimum atomic E-state index is -0.264. The normalized spacial score (nSPS) is 10.7. The number of rotatable bonds is 6. The third-order valence-corrected chi connectivity index (χ3v) is 2.95. The third kappa shape index (κ3) is 4.22. The highest BCUT2D eigenvalue weighted by molar-refractivity contribution is 5.84. The highest BCUT2D eigenvalue weighted by Gasteiger charge is 2.09. The lowest BCUT2D eigenvalue weighted by molar-refractivity contribution is 0.284. The maximum absolute atomic E-state index is 12.9. The Balaban J connectivity index is 2.22. The lowest BCUT2D eigenvalue weighted by atomic mass is 10.2. The molecule has 0 saturated heterocycles. The van der Waals surface area contributed by atoms with Crippen molar-refractivity contribution in [3.63, 3.8) is 0 Å². The van der Waals surface area contributed by atoms with Crippen LogP contribution < -0.4 is 9.47 Å². The summed E-state index contributed by atoms with van der Waals surface area (Å²) in [6, 6.07) is 11.8. The van der Waals surface area contributed by atoms with Gasteiger partial charge in [0.05, 0.1) is 13.3 Å². The molecule has 0 unspecified atom stereocenters. The van der Waals surface area contributed by atoms with Crippen LogP contribution in [0.15, 0.2) is 47.6 Å². The van der Waals surface area contributed by atoms with E-state index in [4.69, 9.17) is 9.47 Å². The van der Waals surface area contributed by atoms with Gasteiger partial charge in [-0.25, -0.2) is 4.39 Å². The molecule has 0 heterocycles. The van der Waals surface area contributed by atoms with Crippen molar-refractivity contribution in [1.29, 1.82) is 0 Å². The van der Waals surface area contributed by atoms with Gasteiger partial charge < -0.3 is 14.5 Å². The number of methoxy groups -OCH3 is 1. The van der Waals surface area contributed by atoms with E-state index < -0.39 is 0 Å². The zero-order valence-corrected chi connectivity index (χ0v) is 12.9. The molecule has 0 aliphatic carbocycles. The Labute approximate surface area is 129 Å². The zero-order valence-electron chi connectivity index (χ0n) is 12.9. The lowest BCUT2D eigenvalue weighted by Crippen LogP contribution is -2.04. The molecule has 4 nitrogen and oxygen atoms in total. The van der Waals surface area contributed by atoms with E-state index in [1.54, 1.807) is 30.5 Å². The lowest BCUT2D eigenvalue weighted by Gasteiger charge is -2.13. The van der Waals surface area contributed by atoms with Crippen molar-refractivity contribution < 1.29 is 13.9 Å². The van der Waals surface area contributed by atoms with Crippen molar-refractivity contribution in [1.82, 2.24) is 5.01 Å². The number of benzene rings is 2. The molecule has 116 valence electrons. The van der Waals surface area contributed by atoms with Crippen LogP contribution in [0.3, 0.4) is 0 Å². The minimum absolute atomic E-state index is 0.264. The molecule has 2 aromatic rings. The second-order valence-corrected chi connectivity index (χ2v) is 4.89. The van der Waals surface area contributed by atoms with Crippen LogP contribution in [0.5, 0.6) is 11.5 Å². The van der Waals surface area contributed by atoms with Gasteiger partial charge in [-0.1, -0.05) is 18.2 Å². The van der Waals surface area contributed by atoms with Crippen molar-refractivity contribution in [2.45, 2.75) is 6.61 Å². The number of ether oxygens (including phenoxy) is 2. The van der Waals surface area contributed by atoms with Crippen LogP contribution >= 0.6 is 0 Å². The monoisotopic (exact) mass is 302 g/mol. The van der Waals surface area contributed by atoms with Crippen LogP contribution in [0, 0.1) is 5.82 Å². The van der Waals surface area contributed by atoms with Gasteiger partial charge in [-0.3, -0.25) is 0 Å². The molecule has 0 spiro atoms. The van der Waals surface area contributed by atoms with Crippen molar-refractivity contribution in [3.05, 3.63) is 59.4 Å². The maximum atomic E-state index is 12.9. The van der Waals surface area contributed by atoms with Gasteiger partial charge >= 0.3 is 0 Å². The highest BCUT2D eigenvalue weighted by Crippen LogP contribution is 2.30. The summed E-state index contributed by atoms with van der Waals surface area (Å²) >= 11 is 0. The molecule has 0 N–H and O–H groups in total. The summed E-state index contributed by atoms with van der Waals surface area (Å²) in [5.74, 6) is 0.976. The van der Waals surface area contributed by atoms with E-state index in [1.165, 1.54) is 12.1 Å². The van der Waals surface area contributed by atoms with Gasteiger partial charge in [0.25, 0.3) is 0 Å². The molecule has 0 amide bonds. The smallest absolute Gasteiger partial charge is 0.170 e. The number of hydrogen-bond donors (Lipinski definition) is 0. The Bertz CT molecular complexity index is 640. The van der Waals surface area contributed by atoms with E-state index in [-0.39, 0.29) is 5.82 Å². The summed E-state index contributed by atoms with van der Waals surface area (Å²) < 4.78 is 24.1. The Morgan fingerprint density at radius 2 is 1.86 bits per heavy atom. The summed E-state index contributed by atoms with van der Waals surface area (Å²) in [5.41, 5.74) is 1.69. The molecule has 5 heteroatoms. The second-order valence-electron chi connectivity index (χ2n) is 4.89. The summed E-state index contributed by atoms with van der Waals surface area (Å²) in [6.45, 7) is 0.323. The van der Waals surface area contributed by atoms with Gasteiger partial charge in [0.1, 0.15) is 12.4 Å². The average molecular weight is 302 g/mol. The largest absolute Gasteiger partial charge is 0.493 e. The molecule has 0 aliphatic heterocycles. The molecule has 0 aliphatic rings. The standard InChI is InChI=1S/C17H19FN2O2/c1-20(2)19-11-14-5-4-6-16(21-3)17(14)22-12-13-7-9-15(18)10-8-13/h4-11H,12H2,1-3H3/b19-11+. The molecule has 22 heavy (non-hydrogen) atoms. The first-order valence-corrected chi connectivity index (χ1v) is 6.85. The summed E-state index contributed by atoms with van der Waals surface area (Å²) in [7, 11) is 5.28. The van der Waals surface area contributed by atoms with E-state index in [9.17, 15) is 4.39 Å². The maximum Gasteiger partial charge on any atom is 0.170 e. The first-order valence-electron chi connectivity index (χ1n) is 6.85. The van der Waals surface area contributed by atoms with Crippen LogP contribution in [-0.2, 0) is 6.61 Å². The predicted molar refractivity (Wildman–Crippen MR) is 85.0 cm³/mol. The number of para-hydroxylation sites is 1. The summed E-state index contributed by atoms with van der Waals surface area (Å²) in [6.07, 6.45) is 1.71. The highest BCUT2D eigenvalue weighted by atomic mass is 19.1. The Hall–Kier alpha value is -2.56. The van der Waals surface area contributed by atoms with Crippen LogP contribution in [-0.4, -0.2) is 32.4 Å². The zero-order chi connectivity index (χ0) is 15.9. The molecule has 0 atom stereocenters. The first-order chi connectivity index (χ1) is 10.6. The van der Waals surface area contributed by atoms with E-state index in [0.29, 0.717) is 18.1 Å². The second kappa shape index (κ2) is 7.45. The Morgan fingerprint density at radius 1 is 1.14 bits per heavy atom. The summed E-state index contributed by atoms with van der Waals surface area (Å²) in [4.78, 5) is 0. The third-order valence-electron chi connectivity index (χ3n) is 2.95. The fourth-order valence-electron chi connectivity index (χ4n) is 1.86. The van der Waals surface area contributed by atoms with Gasteiger partial charge in [-0.05, 0) is 29.8 Å². The molecular weight excluding hydrogens is 283 g/mol. The molecule has 0 fully saturated rings. The molecular formula is C17H19FN2O2. The van der Waals surface area contributed by atoms with E-state index >= 15 is 0 Å². The molecule has 0 bridgehead atoms. The van der Waals surface area contributed by atoms with Crippen molar-refractivity contribution in [3.8, 4) is 11.5 Å². The average Bonchev–Trinajstić information content (AvgIpc) is 2.52. The van der Waals surface area contributed by atoms with Crippen LogP contribution in [0.25, 0.3) is 0 Å². The predicted octanol–water partition coefficient (Wildman–Crippen LogP) is 3.31. The number of nitrogens with zero attached hydrogens (tertiary/aromatic N) is 2.